The molecule has 0 radical (unpaired) electrons. The fraction of sp³-hybridized carbons (Fsp3) is 0.636. The lowest BCUT2D eigenvalue weighted by molar-refractivity contribution is 0.321. The van der Waals surface area contributed by atoms with E-state index in [0.29, 0.717) is 0 Å². The quantitative estimate of drug-likeness (QED) is 0.745. The van der Waals surface area contributed by atoms with Gasteiger partial charge in [0.15, 0.2) is 0 Å². The predicted molar refractivity (Wildman–Crippen MR) is 68.8 cm³/mol. The van der Waals surface area contributed by atoms with Crippen molar-refractivity contribution < 1.29 is 0 Å². The third-order valence-electron chi connectivity index (χ3n) is 2.27. The van der Waals surface area contributed by atoms with Crippen LogP contribution >= 0.6 is 22.9 Å². The van der Waals surface area contributed by atoms with E-state index < -0.39 is 0 Å². The molecule has 0 aliphatic carbocycles. The molecule has 0 bridgehead atoms. The fourth-order valence-corrected chi connectivity index (χ4v) is 2.63. The Morgan fingerprint density at radius 2 is 2.20 bits per heavy atom. The van der Waals surface area contributed by atoms with Crippen molar-refractivity contribution in [2.75, 3.05) is 27.2 Å². The van der Waals surface area contributed by atoms with Crippen molar-refractivity contribution in [3.8, 4) is 0 Å². The van der Waals surface area contributed by atoms with Crippen LogP contribution in [0.4, 0.5) is 0 Å². The molecule has 0 unspecified atom stereocenters. The van der Waals surface area contributed by atoms with Gasteiger partial charge in [0.25, 0.3) is 0 Å². The Morgan fingerprint density at radius 3 is 2.80 bits per heavy atom. The molecule has 0 atom stereocenters. The molecule has 0 amide bonds. The molecule has 15 heavy (non-hydrogen) atoms. The first-order chi connectivity index (χ1) is 7.22. The molecule has 0 fully saturated rings. The van der Waals surface area contributed by atoms with Crippen LogP contribution in [0.1, 0.15) is 17.7 Å². The molecular formula is C11H19ClN2S. The van der Waals surface area contributed by atoms with Crippen molar-refractivity contribution in [3.05, 3.63) is 21.3 Å². The molecule has 2 nitrogen and oxygen atoms in total. The Morgan fingerprint density at radius 1 is 1.40 bits per heavy atom. The Labute approximate surface area is 101 Å². The molecule has 1 rings (SSSR count). The third kappa shape index (κ3) is 5.52. The highest BCUT2D eigenvalue weighted by molar-refractivity contribution is 7.16. The molecular weight excluding hydrogens is 228 g/mol. The van der Waals surface area contributed by atoms with E-state index in [4.69, 9.17) is 11.6 Å². The molecule has 1 aromatic rings. The van der Waals surface area contributed by atoms with Crippen LogP contribution in [0.5, 0.6) is 0 Å². The van der Waals surface area contributed by atoms with Crippen molar-refractivity contribution in [2.45, 2.75) is 19.4 Å². The van der Waals surface area contributed by atoms with Crippen molar-refractivity contribution in [1.82, 2.24) is 10.2 Å². The van der Waals surface area contributed by atoms with Crippen LogP contribution in [0.25, 0.3) is 0 Å². The highest BCUT2D eigenvalue weighted by Crippen LogP contribution is 2.22. The lowest BCUT2D eigenvalue weighted by Crippen LogP contribution is -2.19. The maximum atomic E-state index is 5.88. The molecule has 1 N–H and O–H groups in total. The van der Waals surface area contributed by atoms with Gasteiger partial charge in [-0.25, -0.2) is 0 Å². The summed E-state index contributed by atoms with van der Waals surface area (Å²) in [4.78, 5) is 3.69. The zero-order valence-corrected chi connectivity index (χ0v) is 11.0. The minimum absolute atomic E-state index is 0.883. The van der Waals surface area contributed by atoms with Gasteiger partial charge in [-0.3, -0.25) is 0 Å². The second kappa shape index (κ2) is 7.23. The highest BCUT2D eigenvalue weighted by atomic mass is 35.5. The number of hydrogen-bond acceptors (Lipinski definition) is 3. The summed E-state index contributed by atoms with van der Waals surface area (Å²) in [6.07, 6.45) is 2.49. The Hall–Kier alpha value is -0.0900. The summed E-state index contributed by atoms with van der Waals surface area (Å²) in [5.41, 5.74) is 0. The Kier molecular flexibility index (Phi) is 6.25. The van der Waals surface area contributed by atoms with Gasteiger partial charge in [0.1, 0.15) is 0 Å². The smallest absolute Gasteiger partial charge is 0.0931 e. The van der Waals surface area contributed by atoms with Gasteiger partial charge in [-0.1, -0.05) is 11.6 Å². The molecule has 1 aromatic heterocycles. The molecule has 1 heterocycles. The number of nitrogens with one attached hydrogen (secondary N) is 1. The zero-order chi connectivity index (χ0) is 11.1. The van der Waals surface area contributed by atoms with Gasteiger partial charge >= 0.3 is 0 Å². The van der Waals surface area contributed by atoms with Gasteiger partial charge in [-0.15, -0.1) is 11.3 Å². The molecule has 0 spiro atoms. The summed E-state index contributed by atoms with van der Waals surface area (Å²) in [7, 11) is 4.16. The number of hydrogen-bond donors (Lipinski definition) is 1. The average molecular weight is 247 g/mol. The van der Waals surface area contributed by atoms with Crippen LogP contribution in [-0.2, 0) is 6.54 Å². The number of rotatable bonds is 7. The van der Waals surface area contributed by atoms with E-state index in [9.17, 15) is 0 Å². The normalized spacial score (nSPS) is 11.2. The summed E-state index contributed by atoms with van der Waals surface area (Å²) in [5, 5.41) is 3.16. The van der Waals surface area contributed by atoms with Crippen LogP contribution in [0.15, 0.2) is 12.1 Å². The summed E-state index contributed by atoms with van der Waals surface area (Å²) in [6.45, 7) is 3.27. The maximum absolute atomic E-state index is 5.88. The second-order valence-corrected chi connectivity index (χ2v) is 5.55. The number of thiophene rings is 1. The number of unbranched alkanes of at least 4 members (excludes halogenated alkanes) is 1. The summed E-state index contributed by atoms with van der Waals surface area (Å²) >= 11 is 7.55. The van der Waals surface area contributed by atoms with E-state index in [2.05, 4.69) is 23.3 Å². The van der Waals surface area contributed by atoms with Crippen molar-refractivity contribution >= 4 is 22.9 Å². The molecule has 0 aliphatic rings. The van der Waals surface area contributed by atoms with E-state index in [1.807, 2.05) is 13.1 Å². The van der Waals surface area contributed by atoms with Crippen molar-refractivity contribution in [3.63, 3.8) is 0 Å². The van der Waals surface area contributed by atoms with Crippen LogP contribution in [0.2, 0.25) is 4.34 Å². The zero-order valence-electron chi connectivity index (χ0n) is 9.42. The van der Waals surface area contributed by atoms with Gasteiger partial charge in [0.2, 0.25) is 0 Å². The maximum Gasteiger partial charge on any atom is 0.0931 e. The van der Waals surface area contributed by atoms with Crippen LogP contribution in [0, 0.1) is 0 Å². The molecule has 0 saturated heterocycles. The van der Waals surface area contributed by atoms with Gasteiger partial charge in [-0.2, -0.15) is 0 Å². The minimum atomic E-state index is 0.883. The molecule has 0 aliphatic heterocycles. The predicted octanol–water partition coefficient (Wildman–Crippen LogP) is 2.83. The third-order valence-corrected chi connectivity index (χ3v) is 3.49. The van der Waals surface area contributed by atoms with E-state index >= 15 is 0 Å². The van der Waals surface area contributed by atoms with Gasteiger partial charge in [0.05, 0.1) is 4.34 Å². The van der Waals surface area contributed by atoms with Gasteiger partial charge in [-0.05, 0) is 52.2 Å². The molecule has 86 valence electrons. The lowest BCUT2D eigenvalue weighted by atomic mass is 10.3. The lowest BCUT2D eigenvalue weighted by Gasteiger charge is -2.15. The van der Waals surface area contributed by atoms with E-state index in [0.717, 1.165) is 24.0 Å². The molecule has 0 aromatic carbocycles. The molecule has 0 saturated carbocycles. The first-order valence-corrected chi connectivity index (χ1v) is 6.49. The van der Waals surface area contributed by atoms with Crippen LogP contribution in [-0.4, -0.2) is 32.1 Å². The van der Waals surface area contributed by atoms with E-state index in [1.165, 1.54) is 17.7 Å². The second-order valence-electron chi connectivity index (χ2n) is 3.75. The Bertz CT molecular complexity index is 275. The number of nitrogens with zero attached hydrogens (tertiary/aromatic N) is 1. The van der Waals surface area contributed by atoms with Gasteiger partial charge in [0, 0.05) is 11.4 Å². The van der Waals surface area contributed by atoms with Crippen molar-refractivity contribution in [1.29, 1.82) is 0 Å². The SMILES string of the molecule is CNCCCCN(C)Cc1ccc(Cl)s1. The largest absolute Gasteiger partial charge is 0.320 e. The van der Waals surface area contributed by atoms with Gasteiger partial charge < -0.3 is 10.2 Å². The van der Waals surface area contributed by atoms with Crippen molar-refractivity contribution in [2.24, 2.45) is 0 Å². The molecule has 4 heteroatoms. The number of halogens is 1. The summed E-state index contributed by atoms with van der Waals surface area (Å²) in [6, 6.07) is 4.08. The van der Waals surface area contributed by atoms with Crippen LogP contribution < -0.4 is 5.32 Å². The van der Waals surface area contributed by atoms with Crippen LogP contribution in [0.3, 0.4) is 0 Å². The summed E-state index contributed by atoms with van der Waals surface area (Å²) < 4.78 is 0.883. The fourth-order valence-electron chi connectivity index (χ4n) is 1.47. The van der Waals surface area contributed by atoms with E-state index in [-0.39, 0.29) is 0 Å². The standard InChI is InChI=1S/C11H19ClN2S/c1-13-7-3-4-8-14(2)9-10-5-6-11(12)15-10/h5-6,13H,3-4,7-9H2,1-2H3. The minimum Gasteiger partial charge on any atom is -0.320 e. The average Bonchev–Trinajstić information content (AvgIpc) is 2.59. The monoisotopic (exact) mass is 246 g/mol. The Balaban J connectivity index is 2.15. The van der Waals surface area contributed by atoms with E-state index in [1.54, 1.807) is 11.3 Å². The highest BCUT2D eigenvalue weighted by Gasteiger charge is 2.02. The first-order valence-electron chi connectivity index (χ1n) is 5.29. The first kappa shape index (κ1) is 13.0. The topological polar surface area (TPSA) is 15.3 Å². The summed E-state index contributed by atoms with van der Waals surface area (Å²) in [5.74, 6) is 0.